The molecule has 0 saturated carbocycles. The van der Waals surface area contributed by atoms with Crippen LogP contribution in [0.15, 0.2) is 5.11 Å². The molecule has 1 atom stereocenters. The standard InChI is InChI=1S/C8H16N3/c1-8-4-2-6-10-7-3-5-9-11(8)10/h8H,2-7H2,1H3/q+1. The van der Waals surface area contributed by atoms with Crippen LogP contribution in [0.2, 0.25) is 0 Å². The van der Waals surface area contributed by atoms with Gasteiger partial charge in [-0.1, -0.05) is 0 Å². The number of hydrogen-bond donors (Lipinski definition) is 0. The van der Waals surface area contributed by atoms with Gasteiger partial charge in [-0.05, 0) is 22.8 Å². The van der Waals surface area contributed by atoms with Gasteiger partial charge in [-0.2, -0.15) is 5.01 Å². The summed E-state index contributed by atoms with van der Waals surface area (Å²) in [7, 11) is 0. The van der Waals surface area contributed by atoms with Crippen LogP contribution in [0.3, 0.4) is 0 Å². The molecule has 62 valence electrons. The highest BCUT2D eigenvalue weighted by molar-refractivity contribution is 4.60. The Kier molecular flexibility index (Phi) is 1.80. The number of rotatable bonds is 0. The van der Waals surface area contributed by atoms with Gasteiger partial charge in [-0.3, -0.25) is 0 Å². The molecule has 1 saturated heterocycles. The van der Waals surface area contributed by atoms with Crippen molar-refractivity contribution in [1.82, 2.24) is 5.01 Å². The molecule has 3 nitrogen and oxygen atoms in total. The van der Waals surface area contributed by atoms with Crippen molar-refractivity contribution in [1.29, 1.82) is 0 Å². The lowest BCUT2D eigenvalue weighted by atomic mass is 10.1. The predicted octanol–water partition coefficient (Wildman–Crippen LogP) is 1.25. The Bertz CT molecular complexity index is 176. The van der Waals surface area contributed by atoms with Crippen molar-refractivity contribution >= 4 is 0 Å². The molecule has 0 aliphatic carbocycles. The van der Waals surface area contributed by atoms with Crippen LogP contribution in [0.5, 0.6) is 0 Å². The van der Waals surface area contributed by atoms with E-state index in [1.54, 1.807) is 0 Å². The maximum atomic E-state index is 4.49. The van der Waals surface area contributed by atoms with E-state index < -0.39 is 0 Å². The van der Waals surface area contributed by atoms with E-state index in [-0.39, 0.29) is 0 Å². The summed E-state index contributed by atoms with van der Waals surface area (Å²) in [4.78, 5) is 2.20. The van der Waals surface area contributed by atoms with Gasteiger partial charge in [0.15, 0.2) is 0 Å². The van der Waals surface area contributed by atoms with Crippen LogP contribution in [0.1, 0.15) is 26.2 Å². The van der Waals surface area contributed by atoms with E-state index >= 15 is 0 Å². The van der Waals surface area contributed by atoms with Crippen LogP contribution in [0.4, 0.5) is 0 Å². The molecule has 0 N–H and O–H groups in total. The van der Waals surface area contributed by atoms with Crippen molar-refractivity contribution in [2.24, 2.45) is 5.11 Å². The zero-order valence-corrected chi connectivity index (χ0v) is 7.16. The van der Waals surface area contributed by atoms with Crippen molar-refractivity contribution in [2.75, 3.05) is 19.6 Å². The Balaban J connectivity index is 2.14. The number of hydrogen-bond acceptors (Lipinski definition) is 2. The second kappa shape index (κ2) is 2.80. The third kappa shape index (κ3) is 1.24. The maximum absolute atomic E-state index is 4.49. The van der Waals surface area contributed by atoms with Crippen LogP contribution >= 0.6 is 0 Å². The van der Waals surface area contributed by atoms with Crippen LogP contribution in [-0.4, -0.2) is 35.5 Å². The predicted molar refractivity (Wildman–Crippen MR) is 42.4 cm³/mol. The number of azo groups is 1. The van der Waals surface area contributed by atoms with Crippen molar-refractivity contribution < 1.29 is 4.81 Å². The zero-order valence-electron chi connectivity index (χ0n) is 7.16. The third-order valence-corrected chi connectivity index (χ3v) is 2.54. The van der Waals surface area contributed by atoms with E-state index in [0.717, 1.165) is 6.54 Å². The van der Waals surface area contributed by atoms with E-state index in [1.807, 2.05) is 0 Å². The minimum Gasteiger partial charge on any atom is -0.162 e. The number of fused-ring (bicyclic) bond motifs is 1. The molecule has 1 fully saturated rings. The van der Waals surface area contributed by atoms with E-state index in [4.69, 9.17) is 0 Å². The second-order valence-electron chi connectivity index (χ2n) is 3.48. The molecule has 0 radical (unpaired) electrons. The molecule has 2 rings (SSSR count). The smallest absolute Gasteiger partial charge is 0.162 e. The quantitative estimate of drug-likeness (QED) is 0.480. The van der Waals surface area contributed by atoms with Crippen molar-refractivity contribution in [3.8, 4) is 0 Å². The highest BCUT2D eigenvalue weighted by atomic mass is 15.7. The maximum Gasteiger partial charge on any atom is 0.206 e. The van der Waals surface area contributed by atoms with Gasteiger partial charge < -0.3 is 0 Å². The van der Waals surface area contributed by atoms with Gasteiger partial charge in [0, 0.05) is 13.3 Å². The fraction of sp³-hybridized carbons (Fsp3) is 1.00. The molecule has 3 heteroatoms. The summed E-state index contributed by atoms with van der Waals surface area (Å²) >= 11 is 0. The normalized spacial score (nSPS) is 31.2. The lowest BCUT2D eigenvalue weighted by Crippen LogP contribution is -2.47. The largest absolute Gasteiger partial charge is 0.206 e. The van der Waals surface area contributed by atoms with Crippen LogP contribution in [-0.2, 0) is 0 Å². The van der Waals surface area contributed by atoms with Crippen molar-refractivity contribution in [3.63, 3.8) is 0 Å². The van der Waals surface area contributed by atoms with Gasteiger partial charge in [0.25, 0.3) is 0 Å². The highest BCUT2D eigenvalue weighted by Crippen LogP contribution is 2.16. The average Bonchev–Trinajstić information content (AvgIpc) is 2.06. The number of nitrogens with zero attached hydrogens (tertiary/aromatic N) is 3. The molecule has 0 bridgehead atoms. The molecule has 0 aromatic heterocycles. The molecule has 0 aromatic carbocycles. The van der Waals surface area contributed by atoms with Crippen LogP contribution in [0.25, 0.3) is 0 Å². The molecule has 0 spiro atoms. The van der Waals surface area contributed by atoms with E-state index in [9.17, 15) is 0 Å². The van der Waals surface area contributed by atoms with Gasteiger partial charge in [0.1, 0.15) is 6.54 Å². The summed E-state index contributed by atoms with van der Waals surface area (Å²) in [6, 6.07) is 0.643. The van der Waals surface area contributed by atoms with E-state index in [0.29, 0.717) is 6.04 Å². The highest BCUT2D eigenvalue weighted by Gasteiger charge is 2.31. The Hall–Kier alpha value is -0.600. The molecule has 2 heterocycles. The molecule has 2 aliphatic heterocycles. The Morgan fingerprint density at radius 1 is 1.36 bits per heavy atom. The van der Waals surface area contributed by atoms with E-state index in [1.165, 1.54) is 32.4 Å². The van der Waals surface area contributed by atoms with Crippen molar-refractivity contribution in [2.45, 2.75) is 32.2 Å². The van der Waals surface area contributed by atoms with Crippen LogP contribution in [0, 0.1) is 0 Å². The van der Waals surface area contributed by atoms with Gasteiger partial charge in [0.05, 0.1) is 13.1 Å². The number of hydrazine groups is 1. The lowest BCUT2D eigenvalue weighted by molar-refractivity contribution is -0.780. The SMILES string of the molecule is CC1CCCN2CCCN=[N+]12. The van der Waals surface area contributed by atoms with Gasteiger partial charge in [-0.25, -0.2) is 0 Å². The summed E-state index contributed by atoms with van der Waals surface area (Å²) < 4.78 is 0. The summed E-state index contributed by atoms with van der Waals surface area (Å²) in [6.45, 7) is 5.73. The first kappa shape index (κ1) is 7.07. The first-order valence-electron chi connectivity index (χ1n) is 4.59. The summed E-state index contributed by atoms with van der Waals surface area (Å²) in [5, 5.41) is 6.88. The molecule has 11 heavy (non-hydrogen) atoms. The third-order valence-electron chi connectivity index (χ3n) is 2.54. The Labute approximate surface area is 67.7 Å². The average molecular weight is 154 g/mol. The van der Waals surface area contributed by atoms with Gasteiger partial charge >= 0.3 is 0 Å². The molecular formula is C8H16N3+. The zero-order chi connectivity index (χ0) is 7.68. The van der Waals surface area contributed by atoms with Crippen LogP contribution < -0.4 is 0 Å². The molecule has 0 aromatic rings. The molecule has 2 aliphatic rings. The molecule has 1 unspecified atom stereocenters. The minimum absolute atomic E-state index is 0.643. The topological polar surface area (TPSA) is 18.6 Å². The van der Waals surface area contributed by atoms with E-state index in [2.05, 4.69) is 21.9 Å². The minimum atomic E-state index is 0.643. The Morgan fingerprint density at radius 2 is 2.18 bits per heavy atom. The van der Waals surface area contributed by atoms with Gasteiger partial charge in [-0.15, -0.1) is 0 Å². The second-order valence-corrected chi connectivity index (χ2v) is 3.48. The lowest BCUT2D eigenvalue weighted by Gasteiger charge is -2.28. The monoisotopic (exact) mass is 154 g/mol. The summed E-state index contributed by atoms with van der Waals surface area (Å²) in [5.41, 5.74) is 0. The summed E-state index contributed by atoms with van der Waals surface area (Å²) in [5.74, 6) is 0. The van der Waals surface area contributed by atoms with Gasteiger partial charge in [0.2, 0.25) is 6.04 Å². The molecular weight excluding hydrogens is 138 g/mol. The fourth-order valence-corrected chi connectivity index (χ4v) is 1.94. The Morgan fingerprint density at radius 3 is 3.00 bits per heavy atom. The fourth-order valence-electron chi connectivity index (χ4n) is 1.94. The first-order valence-corrected chi connectivity index (χ1v) is 4.59. The van der Waals surface area contributed by atoms with Crippen molar-refractivity contribution in [3.05, 3.63) is 0 Å². The first-order chi connectivity index (χ1) is 5.38. The molecule has 0 amide bonds. The summed E-state index contributed by atoms with van der Waals surface area (Å²) in [6.07, 6.45) is 3.89.